The van der Waals surface area contributed by atoms with Gasteiger partial charge in [0.25, 0.3) is 0 Å². The van der Waals surface area contributed by atoms with Crippen LogP contribution in [-0.4, -0.2) is 23.3 Å². The third-order valence-electron chi connectivity index (χ3n) is 5.04. The smallest absolute Gasteiger partial charge is 0.0621 e. The minimum Gasteiger partial charge on any atom is -0.392 e. The Morgan fingerprint density at radius 2 is 1.81 bits per heavy atom. The molecule has 2 nitrogen and oxygen atoms in total. The van der Waals surface area contributed by atoms with E-state index in [0.29, 0.717) is 12.1 Å². The molecule has 0 spiro atoms. The van der Waals surface area contributed by atoms with E-state index in [1.165, 1.54) is 32.1 Å². The highest BCUT2D eigenvalue weighted by molar-refractivity contribution is 5.02. The maximum atomic E-state index is 9.73. The van der Waals surface area contributed by atoms with Gasteiger partial charge in [0.15, 0.2) is 0 Å². The Hall–Kier alpha value is -0.0800. The summed E-state index contributed by atoms with van der Waals surface area (Å²) in [5.41, 5.74) is 0.0723. The summed E-state index contributed by atoms with van der Waals surface area (Å²) in [6.07, 6.45) is 7.86. The lowest BCUT2D eigenvalue weighted by molar-refractivity contribution is -0.0777. The molecule has 2 heteroatoms. The van der Waals surface area contributed by atoms with E-state index in [-0.39, 0.29) is 11.5 Å². The van der Waals surface area contributed by atoms with Crippen molar-refractivity contribution in [3.05, 3.63) is 0 Å². The molecule has 2 rings (SSSR count). The Morgan fingerprint density at radius 1 is 1.19 bits per heavy atom. The van der Waals surface area contributed by atoms with Crippen LogP contribution in [0.15, 0.2) is 0 Å². The van der Waals surface area contributed by atoms with E-state index in [9.17, 15) is 5.11 Å². The molecular formula is C14H27NO. The van der Waals surface area contributed by atoms with Gasteiger partial charge in [-0.25, -0.2) is 0 Å². The lowest BCUT2D eigenvalue weighted by atomic mass is 9.64. The monoisotopic (exact) mass is 225 g/mol. The second-order valence-corrected chi connectivity index (χ2v) is 6.48. The van der Waals surface area contributed by atoms with Gasteiger partial charge in [0.05, 0.1) is 6.10 Å². The summed E-state index contributed by atoms with van der Waals surface area (Å²) in [4.78, 5) is 0. The number of rotatable bonds is 3. The minimum atomic E-state index is -0.108. The van der Waals surface area contributed by atoms with E-state index >= 15 is 0 Å². The summed E-state index contributed by atoms with van der Waals surface area (Å²) in [7, 11) is 0. The van der Waals surface area contributed by atoms with Gasteiger partial charge in [-0.15, -0.1) is 0 Å². The van der Waals surface area contributed by atoms with Crippen molar-refractivity contribution in [3.8, 4) is 0 Å². The predicted octanol–water partition coefficient (Wildman–Crippen LogP) is 2.70. The molecule has 0 aromatic heterocycles. The normalized spacial score (nSPS) is 36.8. The second kappa shape index (κ2) is 4.66. The summed E-state index contributed by atoms with van der Waals surface area (Å²) in [5, 5.41) is 13.5. The van der Waals surface area contributed by atoms with Gasteiger partial charge in [0.2, 0.25) is 0 Å². The fourth-order valence-electron chi connectivity index (χ4n) is 3.27. The third kappa shape index (κ3) is 2.28. The van der Waals surface area contributed by atoms with E-state index in [2.05, 4.69) is 26.1 Å². The van der Waals surface area contributed by atoms with E-state index in [1.54, 1.807) is 0 Å². The molecule has 0 aliphatic heterocycles. The largest absolute Gasteiger partial charge is 0.392 e. The summed E-state index contributed by atoms with van der Waals surface area (Å²) >= 11 is 0. The average molecular weight is 225 g/mol. The molecule has 2 unspecified atom stereocenters. The Kier molecular flexibility index (Phi) is 3.60. The summed E-state index contributed by atoms with van der Waals surface area (Å²) < 4.78 is 0. The highest BCUT2D eigenvalue weighted by Crippen LogP contribution is 2.41. The first-order chi connectivity index (χ1) is 7.51. The molecule has 0 aromatic carbocycles. The number of hydrogen-bond acceptors (Lipinski definition) is 2. The van der Waals surface area contributed by atoms with Gasteiger partial charge in [-0.2, -0.15) is 0 Å². The van der Waals surface area contributed by atoms with Gasteiger partial charge in [0.1, 0.15) is 0 Å². The Balaban J connectivity index is 1.81. The molecule has 0 aromatic rings. The Morgan fingerprint density at radius 3 is 2.31 bits per heavy atom. The second-order valence-electron chi connectivity index (χ2n) is 6.48. The zero-order valence-electron chi connectivity index (χ0n) is 11.0. The van der Waals surface area contributed by atoms with Crippen LogP contribution in [0.5, 0.6) is 0 Å². The summed E-state index contributed by atoms with van der Waals surface area (Å²) in [6.45, 7) is 6.68. The van der Waals surface area contributed by atoms with Crippen molar-refractivity contribution in [3.63, 3.8) is 0 Å². The van der Waals surface area contributed by atoms with Gasteiger partial charge in [-0.05, 0) is 32.1 Å². The average Bonchev–Trinajstić information content (AvgIpc) is 2.29. The zero-order valence-corrected chi connectivity index (χ0v) is 11.0. The van der Waals surface area contributed by atoms with Gasteiger partial charge in [-0.3, -0.25) is 0 Å². The van der Waals surface area contributed by atoms with E-state index < -0.39 is 0 Å². The van der Waals surface area contributed by atoms with Crippen LogP contribution in [0.3, 0.4) is 0 Å². The van der Waals surface area contributed by atoms with Crippen LogP contribution in [0.4, 0.5) is 0 Å². The molecule has 0 amide bonds. The van der Waals surface area contributed by atoms with Crippen molar-refractivity contribution < 1.29 is 5.11 Å². The van der Waals surface area contributed by atoms with Crippen molar-refractivity contribution in [2.75, 3.05) is 0 Å². The predicted molar refractivity (Wildman–Crippen MR) is 67.4 cm³/mol. The van der Waals surface area contributed by atoms with Crippen molar-refractivity contribution in [1.82, 2.24) is 5.32 Å². The molecular weight excluding hydrogens is 198 g/mol. The fraction of sp³-hybridized carbons (Fsp3) is 1.00. The quantitative estimate of drug-likeness (QED) is 0.774. The van der Waals surface area contributed by atoms with E-state index in [4.69, 9.17) is 0 Å². The van der Waals surface area contributed by atoms with Crippen molar-refractivity contribution in [1.29, 1.82) is 0 Å². The van der Waals surface area contributed by atoms with Crippen LogP contribution in [0.1, 0.15) is 59.3 Å². The molecule has 2 N–H and O–H groups in total. The highest BCUT2D eigenvalue weighted by Gasteiger charge is 2.47. The third-order valence-corrected chi connectivity index (χ3v) is 5.04. The van der Waals surface area contributed by atoms with Crippen molar-refractivity contribution in [2.45, 2.75) is 77.5 Å². The number of hydrogen-bond donors (Lipinski definition) is 2. The lowest BCUT2D eigenvalue weighted by Crippen LogP contribution is -2.62. The standard InChI is InChI=1S/C14H27NO/c1-10(11-7-5-4-6-8-11)15-12-9-13(16)14(12,2)3/h10-13,15-16H,4-9H2,1-3H3/t10-,12?,13?/m1/s1. The zero-order chi connectivity index (χ0) is 11.8. The van der Waals surface area contributed by atoms with Crippen LogP contribution < -0.4 is 5.32 Å². The molecule has 3 atom stereocenters. The molecule has 2 fully saturated rings. The molecule has 0 heterocycles. The topological polar surface area (TPSA) is 32.3 Å². The van der Waals surface area contributed by atoms with E-state index in [1.807, 2.05) is 0 Å². The molecule has 94 valence electrons. The first kappa shape index (κ1) is 12.4. The minimum absolute atomic E-state index is 0.0723. The highest BCUT2D eigenvalue weighted by atomic mass is 16.3. The summed E-state index contributed by atoms with van der Waals surface area (Å²) in [5.74, 6) is 0.863. The fourth-order valence-corrected chi connectivity index (χ4v) is 3.27. The maximum Gasteiger partial charge on any atom is 0.0621 e. The number of aliphatic hydroxyl groups excluding tert-OH is 1. The molecule has 0 saturated heterocycles. The lowest BCUT2D eigenvalue weighted by Gasteiger charge is -2.51. The van der Waals surface area contributed by atoms with Gasteiger partial charge >= 0.3 is 0 Å². The number of aliphatic hydroxyl groups is 1. The van der Waals surface area contributed by atoms with Gasteiger partial charge in [-0.1, -0.05) is 33.1 Å². The van der Waals surface area contributed by atoms with Crippen LogP contribution in [0, 0.1) is 11.3 Å². The van der Waals surface area contributed by atoms with Crippen LogP contribution in [0.25, 0.3) is 0 Å². The molecule has 2 aliphatic rings. The number of nitrogens with one attached hydrogen (secondary N) is 1. The molecule has 0 radical (unpaired) electrons. The molecule has 2 saturated carbocycles. The van der Waals surface area contributed by atoms with Crippen LogP contribution in [0.2, 0.25) is 0 Å². The Bertz CT molecular complexity index is 233. The van der Waals surface area contributed by atoms with Gasteiger partial charge in [0, 0.05) is 17.5 Å². The van der Waals surface area contributed by atoms with Crippen LogP contribution in [-0.2, 0) is 0 Å². The maximum absolute atomic E-state index is 9.73. The molecule has 0 bridgehead atoms. The van der Waals surface area contributed by atoms with Crippen molar-refractivity contribution >= 4 is 0 Å². The Labute approximate surface area is 99.8 Å². The van der Waals surface area contributed by atoms with E-state index in [0.717, 1.165) is 12.3 Å². The SMILES string of the molecule is C[C@@H](NC1CC(O)C1(C)C)C1CCCCC1. The van der Waals surface area contributed by atoms with Crippen LogP contribution >= 0.6 is 0 Å². The molecule has 2 aliphatic carbocycles. The molecule has 16 heavy (non-hydrogen) atoms. The first-order valence-corrected chi connectivity index (χ1v) is 6.96. The van der Waals surface area contributed by atoms with Gasteiger partial charge < -0.3 is 10.4 Å². The first-order valence-electron chi connectivity index (χ1n) is 6.96. The van der Waals surface area contributed by atoms with Crippen molar-refractivity contribution in [2.24, 2.45) is 11.3 Å². The summed E-state index contributed by atoms with van der Waals surface area (Å²) in [6, 6.07) is 1.14.